The first kappa shape index (κ1) is 18.6. The van der Waals surface area contributed by atoms with Gasteiger partial charge in [0, 0.05) is 12.7 Å². The van der Waals surface area contributed by atoms with Crippen LogP contribution >= 0.6 is 0 Å². The number of aromatic nitrogens is 4. The van der Waals surface area contributed by atoms with Gasteiger partial charge in [-0.15, -0.1) is 0 Å². The summed E-state index contributed by atoms with van der Waals surface area (Å²) in [4.78, 5) is 25.3. The molecule has 3 aromatic heterocycles. The monoisotopic (exact) mass is 411 g/mol. The Morgan fingerprint density at radius 1 is 1.03 bits per heavy atom. The molecule has 0 saturated heterocycles. The van der Waals surface area contributed by atoms with E-state index in [2.05, 4.69) is 20.3 Å². The Bertz CT molecular complexity index is 1470. The van der Waals surface area contributed by atoms with Crippen LogP contribution in [0.15, 0.2) is 76.5 Å². The van der Waals surface area contributed by atoms with Gasteiger partial charge in [0.25, 0.3) is 0 Å². The summed E-state index contributed by atoms with van der Waals surface area (Å²) in [6.45, 7) is 0.599. The van der Waals surface area contributed by atoms with Gasteiger partial charge >= 0.3 is 5.63 Å². The van der Waals surface area contributed by atoms with Gasteiger partial charge in [-0.3, -0.25) is 4.57 Å². The minimum absolute atomic E-state index is 0.0528. The van der Waals surface area contributed by atoms with Gasteiger partial charge in [-0.05, 0) is 23.8 Å². The van der Waals surface area contributed by atoms with Crippen LogP contribution in [0.3, 0.4) is 0 Å². The van der Waals surface area contributed by atoms with E-state index in [0.29, 0.717) is 34.5 Å². The Hall–Kier alpha value is -4.46. The molecule has 0 aliphatic heterocycles. The van der Waals surface area contributed by atoms with Crippen LogP contribution in [0.1, 0.15) is 11.1 Å². The smallest absolute Gasteiger partial charge is 0.347 e. The van der Waals surface area contributed by atoms with Crippen LogP contribution in [-0.4, -0.2) is 24.6 Å². The second-order valence-electron chi connectivity index (χ2n) is 6.85. The number of hydrogen-bond donors (Lipinski definition) is 2. The molecule has 2 aromatic carbocycles. The number of aromatic hydroxyl groups is 1. The fraction of sp³-hybridized carbons (Fsp3) is 0.0435. The first-order valence-corrected chi connectivity index (χ1v) is 9.59. The highest BCUT2D eigenvalue weighted by Crippen LogP contribution is 2.27. The molecular formula is C23H17N5O3. The highest BCUT2D eigenvalue weighted by Gasteiger charge is 2.12. The Morgan fingerprint density at radius 3 is 2.71 bits per heavy atom. The lowest BCUT2D eigenvalue weighted by atomic mass is 10.1. The van der Waals surface area contributed by atoms with Crippen LogP contribution < -0.4 is 10.9 Å². The zero-order chi connectivity index (χ0) is 21.2. The maximum absolute atomic E-state index is 12.3. The molecule has 0 amide bonds. The molecule has 8 nitrogen and oxygen atoms in total. The third kappa shape index (κ3) is 3.51. The number of benzene rings is 2. The van der Waals surface area contributed by atoms with Crippen molar-refractivity contribution in [3.05, 3.63) is 88.8 Å². The molecule has 31 heavy (non-hydrogen) atoms. The molecule has 5 aromatic rings. The van der Waals surface area contributed by atoms with Crippen molar-refractivity contribution in [2.45, 2.75) is 6.54 Å². The zero-order valence-corrected chi connectivity index (χ0v) is 16.3. The average molecular weight is 411 g/mol. The van der Waals surface area contributed by atoms with Gasteiger partial charge in [0.05, 0.1) is 5.39 Å². The van der Waals surface area contributed by atoms with E-state index in [4.69, 9.17) is 4.42 Å². The van der Waals surface area contributed by atoms with Crippen molar-refractivity contribution < 1.29 is 9.52 Å². The Balaban J connectivity index is 1.47. The molecule has 0 radical (unpaired) electrons. The largest absolute Gasteiger partial charge is 0.506 e. The minimum Gasteiger partial charge on any atom is -0.506 e. The van der Waals surface area contributed by atoms with E-state index in [-0.39, 0.29) is 11.3 Å². The first-order valence-electron chi connectivity index (χ1n) is 9.59. The molecule has 0 spiro atoms. The Labute approximate surface area is 176 Å². The van der Waals surface area contributed by atoms with Gasteiger partial charge in [-0.1, -0.05) is 42.5 Å². The van der Waals surface area contributed by atoms with E-state index in [1.807, 2.05) is 30.3 Å². The molecular weight excluding hydrogens is 394 g/mol. The van der Waals surface area contributed by atoms with E-state index < -0.39 is 5.63 Å². The number of rotatable bonds is 5. The number of nitrogens with zero attached hydrogens (tertiary/aromatic N) is 4. The summed E-state index contributed by atoms with van der Waals surface area (Å²) < 4.78 is 6.95. The van der Waals surface area contributed by atoms with Crippen molar-refractivity contribution in [1.29, 1.82) is 0 Å². The minimum atomic E-state index is -0.628. The van der Waals surface area contributed by atoms with Crippen molar-refractivity contribution in [3.63, 3.8) is 0 Å². The van der Waals surface area contributed by atoms with Gasteiger partial charge in [0.15, 0.2) is 17.0 Å². The lowest BCUT2D eigenvalue weighted by Crippen LogP contribution is -2.04. The summed E-state index contributed by atoms with van der Waals surface area (Å²) in [6, 6.07) is 16.8. The number of fused-ring (bicyclic) bond motifs is 2. The summed E-state index contributed by atoms with van der Waals surface area (Å²) in [7, 11) is 0. The van der Waals surface area contributed by atoms with Crippen LogP contribution in [0.4, 0.5) is 5.82 Å². The van der Waals surface area contributed by atoms with Crippen LogP contribution in [0.5, 0.6) is 5.75 Å². The summed E-state index contributed by atoms with van der Waals surface area (Å²) in [6.07, 6.45) is 6.10. The molecule has 0 saturated carbocycles. The number of anilines is 1. The van der Waals surface area contributed by atoms with Crippen molar-refractivity contribution in [2.75, 3.05) is 5.32 Å². The molecule has 5 rings (SSSR count). The maximum atomic E-state index is 12.3. The molecule has 2 N–H and O–H groups in total. The highest BCUT2D eigenvalue weighted by atomic mass is 16.4. The van der Waals surface area contributed by atoms with Crippen molar-refractivity contribution in [3.8, 4) is 5.75 Å². The predicted octanol–water partition coefficient (Wildman–Crippen LogP) is 3.88. The Morgan fingerprint density at radius 2 is 1.84 bits per heavy atom. The van der Waals surface area contributed by atoms with E-state index in [0.717, 1.165) is 5.56 Å². The molecule has 152 valence electrons. The molecule has 0 fully saturated rings. The third-order valence-corrected chi connectivity index (χ3v) is 4.88. The molecule has 0 aliphatic carbocycles. The van der Waals surface area contributed by atoms with Gasteiger partial charge in [-0.2, -0.15) is 0 Å². The summed E-state index contributed by atoms with van der Waals surface area (Å²) in [5.41, 5.74) is 2.03. The molecule has 3 heterocycles. The maximum Gasteiger partial charge on any atom is 0.347 e. The topological polar surface area (TPSA) is 106 Å². The van der Waals surface area contributed by atoms with Gasteiger partial charge in [-0.25, -0.2) is 19.7 Å². The number of para-hydroxylation sites is 1. The Kier molecular flexibility index (Phi) is 4.64. The van der Waals surface area contributed by atoms with E-state index in [1.165, 1.54) is 12.4 Å². The van der Waals surface area contributed by atoms with Crippen LogP contribution in [0.25, 0.3) is 34.4 Å². The first-order chi connectivity index (χ1) is 15.2. The highest BCUT2D eigenvalue weighted by molar-refractivity contribution is 5.88. The van der Waals surface area contributed by atoms with Crippen molar-refractivity contribution >= 4 is 40.2 Å². The summed E-state index contributed by atoms with van der Waals surface area (Å²) in [5.74, 6) is 0.474. The summed E-state index contributed by atoms with van der Waals surface area (Å²) in [5, 5.41) is 14.3. The quantitative estimate of drug-likeness (QED) is 0.423. The van der Waals surface area contributed by atoms with E-state index >= 15 is 0 Å². The molecule has 0 bridgehead atoms. The van der Waals surface area contributed by atoms with Crippen molar-refractivity contribution in [2.24, 2.45) is 0 Å². The predicted molar refractivity (Wildman–Crippen MR) is 118 cm³/mol. The number of nitrogens with one attached hydrogen (secondary N) is 1. The molecule has 8 heteroatoms. The fourth-order valence-electron chi connectivity index (χ4n) is 3.32. The van der Waals surface area contributed by atoms with Gasteiger partial charge in [0.2, 0.25) is 0 Å². The molecule has 0 unspecified atom stereocenters. The van der Waals surface area contributed by atoms with Crippen LogP contribution in [-0.2, 0) is 6.54 Å². The number of imidazole rings is 1. The normalized spacial score (nSPS) is 11.5. The summed E-state index contributed by atoms with van der Waals surface area (Å²) >= 11 is 0. The average Bonchev–Trinajstić information content (AvgIpc) is 3.22. The van der Waals surface area contributed by atoms with E-state index in [9.17, 15) is 9.90 Å². The van der Waals surface area contributed by atoms with E-state index in [1.54, 1.807) is 41.4 Å². The zero-order valence-electron chi connectivity index (χ0n) is 16.3. The fourth-order valence-corrected chi connectivity index (χ4v) is 3.32. The third-order valence-electron chi connectivity index (χ3n) is 4.88. The van der Waals surface area contributed by atoms with Gasteiger partial charge in [0.1, 0.15) is 29.6 Å². The second-order valence-corrected chi connectivity index (χ2v) is 6.85. The second kappa shape index (κ2) is 7.75. The molecule has 0 atom stereocenters. The lowest BCUT2D eigenvalue weighted by molar-refractivity contribution is 0.466. The number of hydrogen-bond acceptors (Lipinski definition) is 7. The lowest BCUT2D eigenvalue weighted by Gasteiger charge is -2.06. The van der Waals surface area contributed by atoms with Crippen LogP contribution in [0, 0.1) is 0 Å². The van der Waals surface area contributed by atoms with Crippen molar-refractivity contribution in [1.82, 2.24) is 19.5 Å². The SMILES string of the molecule is O=c1oc2ccccc2c(O)c1/C=C/n1cnc2c(NCc3ccccc3)ncnc21. The van der Waals surface area contributed by atoms with Gasteiger partial charge < -0.3 is 14.8 Å². The van der Waals surface area contributed by atoms with Crippen LogP contribution in [0.2, 0.25) is 0 Å². The standard InChI is InChI=1S/C23H17N5O3/c29-20-16-8-4-5-9-18(16)31-23(30)17(20)10-11-28-14-27-19-21(25-13-26-22(19)28)24-12-15-6-2-1-3-7-15/h1-11,13-14,29H,12H2,(H,24,25,26)/b11-10+. The molecule has 0 aliphatic rings.